The predicted octanol–water partition coefficient (Wildman–Crippen LogP) is 2.39. The summed E-state index contributed by atoms with van der Waals surface area (Å²) in [4.78, 5) is 46.3. The maximum absolute atomic E-state index is 11.9. The van der Waals surface area contributed by atoms with E-state index >= 15 is 0 Å². The van der Waals surface area contributed by atoms with E-state index in [-0.39, 0.29) is 17.5 Å². The predicted molar refractivity (Wildman–Crippen MR) is 98.3 cm³/mol. The molecule has 2 N–H and O–H groups in total. The number of hydrogen-bond donors (Lipinski definition) is 2. The zero-order chi connectivity index (χ0) is 19.8. The molecule has 0 saturated heterocycles. The molecule has 0 aliphatic heterocycles. The molecule has 27 heavy (non-hydrogen) atoms. The fourth-order valence-electron chi connectivity index (χ4n) is 2.60. The van der Waals surface area contributed by atoms with E-state index in [1.54, 1.807) is 0 Å². The molecule has 146 valence electrons. The standard InChI is InChI=1S/C17H21N3O6S/c1-11(16(22)19-17(23)18-12-4-2-3-5-12)26-15(21)10-27-14-8-6-13(7-9-14)20(24)25/h6-9,11-12H,2-5,10H2,1H3,(H2,18,19,22,23)/t11-/m0/s1. The molecule has 1 atom stereocenters. The van der Waals surface area contributed by atoms with Crippen LogP contribution in [0, 0.1) is 10.1 Å². The van der Waals surface area contributed by atoms with Gasteiger partial charge in [-0.1, -0.05) is 12.8 Å². The number of nitro groups is 1. The number of non-ortho nitro benzene ring substituents is 1. The Morgan fingerprint density at radius 2 is 1.89 bits per heavy atom. The third-order valence-electron chi connectivity index (χ3n) is 4.01. The minimum atomic E-state index is -1.11. The summed E-state index contributed by atoms with van der Waals surface area (Å²) >= 11 is 1.13. The number of nitro benzene ring substituents is 1. The zero-order valence-electron chi connectivity index (χ0n) is 14.8. The number of amides is 3. The van der Waals surface area contributed by atoms with Crippen LogP contribution >= 0.6 is 11.8 Å². The van der Waals surface area contributed by atoms with Crippen LogP contribution in [0.3, 0.4) is 0 Å². The number of rotatable bonds is 7. The summed E-state index contributed by atoms with van der Waals surface area (Å²) in [7, 11) is 0. The fourth-order valence-corrected chi connectivity index (χ4v) is 3.28. The number of benzene rings is 1. The van der Waals surface area contributed by atoms with Crippen LogP contribution in [0.1, 0.15) is 32.6 Å². The van der Waals surface area contributed by atoms with Gasteiger partial charge in [-0.25, -0.2) is 4.79 Å². The maximum atomic E-state index is 11.9. The summed E-state index contributed by atoms with van der Waals surface area (Å²) in [6.45, 7) is 1.38. The monoisotopic (exact) mass is 395 g/mol. The molecule has 0 aromatic heterocycles. The van der Waals surface area contributed by atoms with Crippen LogP contribution in [0.4, 0.5) is 10.5 Å². The molecule has 3 amide bonds. The summed E-state index contributed by atoms with van der Waals surface area (Å²) in [6, 6.07) is 5.22. The zero-order valence-corrected chi connectivity index (χ0v) is 15.6. The third-order valence-corrected chi connectivity index (χ3v) is 4.99. The van der Waals surface area contributed by atoms with E-state index in [1.807, 2.05) is 0 Å². The average molecular weight is 395 g/mol. The van der Waals surface area contributed by atoms with Crippen molar-refractivity contribution in [3.05, 3.63) is 34.4 Å². The first-order valence-electron chi connectivity index (χ1n) is 8.53. The number of ether oxygens (including phenoxy) is 1. The first-order valence-corrected chi connectivity index (χ1v) is 9.52. The second-order valence-corrected chi connectivity index (χ2v) is 7.16. The SMILES string of the molecule is C[C@H](OC(=O)CSc1ccc([N+](=O)[O-])cc1)C(=O)NC(=O)NC1CCCC1. The van der Waals surface area contributed by atoms with Crippen molar-refractivity contribution in [1.82, 2.24) is 10.6 Å². The molecule has 0 radical (unpaired) electrons. The fraction of sp³-hybridized carbons (Fsp3) is 0.471. The summed E-state index contributed by atoms with van der Waals surface area (Å²) in [6.07, 6.45) is 2.79. The van der Waals surface area contributed by atoms with Crippen molar-refractivity contribution in [2.75, 3.05) is 5.75 Å². The molecule has 1 aliphatic carbocycles. The van der Waals surface area contributed by atoms with Gasteiger partial charge >= 0.3 is 12.0 Å². The normalized spacial score (nSPS) is 15.0. The van der Waals surface area contributed by atoms with E-state index in [1.165, 1.54) is 31.2 Å². The minimum Gasteiger partial charge on any atom is -0.452 e. The van der Waals surface area contributed by atoms with Gasteiger partial charge in [0.15, 0.2) is 6.10 Å². The number of esters is 1. The number of nitrogens with zero attached hydrogens (tertiary/aromatic N) is 1. The maximum Gasteiger partial charge on any atom is 0.321 e. The van der Waals surface area contributed by atoms with Crippen molar-refractivity contribution in [3.63, 3.8) is 0 Å². The van der Waals surface area contributed by atoms with E-state index in [0.29, 0.717) is 4.90 Å². The number of urea groups is 1. The van der Waals surface area contributed by atoms with Gasteiger partial charge in [-0.15, -0.1) is 11.8 Å². The Kier molecular flexibility index (Phi) is 7.59. The highest BCUT2D eigenvalue weighted by molar-refractivity contribution is 8.00. The summed E-state index contributed by atoms with van der Waals surface area (Å²) in [5.74, 6) is -1.39. The largest absolute Gasteiger partial charge is 0.452 e. The molecule has 0 spiro atoms. The molecule has 1 saturated carbocycles. The lowest BCUT2D eigenvalue weighted by molar-refractivity contribution is -0.384. The van der Waals surface area contributed by atoms with Crippen LogP contribution in [0.2, 0.25) is 0 Å². The van der Waals surface area contributed by atoms with Gasteiger partial charge < -0.3 is 10.1 Å². The van der Waals surface area contributed by atoms with Crippen molar-refractivity contribution >= 4 is 35.4 Å². The first kappa shape index (κ1) is 20.7. The Morgan fingerprint density at radius 3 is 2.48 bits per heavy atom. The van der Waals surface area contributed by atoms with Crippen LogP contribution in [0.15, 0.2) is 29.2 Å². The highest BCUT2D eigenvalue weighted by Gasteiger charge is 2.22. The van der Waals surface area contributed by atoms with Crippen LogP contribution in [0.5, 0.6) is 0 Å². The van der Waals surface area contributed by atoms with Crippen molar-refractivity contribution in [3.8, 4) is 0 Å². The second-order valence-electron chi connectivity index (χ2n) is 6.12. The lowest BCUT2D eigenvalue weighted by Crippen LogP contribution is -2.47. The molecule has 10 heteroatoms. The van der Waals surface area contributed by atoms with Gasteiger partial charge in [0.05, 0.1) is 10.7 Å². The van der Waals surface area contributed by atoms with E-state index in [0.717, 1.165) is 37.4 Å². The van der Waals surface area contributed by atoms with E-state index < -0.39 is 28.9 Å². The van der Waals surface area contributed by atoms with Gasteiger partial charge in [0.25, 0.3) is 11.6 Å². The van der Waals surface area contributed by atoms with Gasteiger partial charge in [-0.3, -0.25) is 25.0 Å². The van der Waals surface area contributed by atoms with Crippen molar-refractivity contribution in [1.29, 1.82) is 0 Å². The Labute approximate surface area is 160 Å². The molecular weight excluding hydrogens is 374 g/mol. The van der Waals surface area contributed by atoms with E-state index in [9.17, 15) is 24.5 Å². The topological polar surface area (TPSA) is 128 Å². The van der Waals surface area contributed by atoms with E-state index in [2.05, 4.69) is 10.6 Å². The molecule has 1 aromatic carbocycles. The Morgan fingerprint density at radius 1 is 1.26 bits per heavy atom. The molecule has 0 heterocycles. The van der Waals surface area contributed by atoms with Gasteiger partial charge in [0, 0.05) is 23.1 Å². The molecule has 1 aliphatic rings. The number of carbonyl (C=O) groups excluding carboxylic acids is 3. The van der Waals surface area contributed by atoms with Gasteiger partial charge in [0.2, 0.25) is 0 Å². The lowest BCUT2D eigenvalue weighted by atomic mass is 10.2. The molecule has 0 bridgehead atoms. The molecule has 9 nitrogen and oxygen atoms in total. The highest BCUT2D eigenvalue weighted by atomic mass is 32.2. The summed E-state index contributed by atoms with van der Waals surface area (Å²) in [5, 5.41) is 15.5. The third kappa shape index (κ3) is 6.89. The average Bonchev–Trinajstić information content (AvgIpc) is 3.13. The second kappa shape index (κ2) is 9.91. The lowest BCUT2D eigenvalue weighted by Gasteiger charge is -2.15. The van der Waals surface area contributed by atoms with Gasteiger partial charge in [0.1, 0.15) is 0 Å². The van der Waals surface area contributed by atoms with Crippen LogP contribution in [0.25, 0.3) is 0 Å². The van der Waals surface area contributed by atoms with Gasteiger partial charge in [-0.2, -0.15) is 0 Å². The number of carbonyl (C=O) groups is 3. The quantitative estimate of drug-likeness (QED) is 0.314. The molecule has 0 unspecified atom stereocenters. The van der Waals surface area contributed by atoms with E-state index in [4.69, 9.17) is 4.74 Å². The van der Waals surface area contributed by atoms with Gasteiger partial charge in [-0.05, 0) is 31.9 Å². The number of thioether (sulfide) groups is 1. The summed E-state index contributed by atoms with van der Waals surface area (Å²) < 4.78 is 5.01. The molecular formula is C17H21N3O6S. The van der Waals surface area contributed by atoms with Crippen LogP contribution in [-0.4, -0.2) is 40.7 Å². The molecule has 2 rings (SSSR count). The van der Waals surface area contributed by atoms with Crippen LogP contribution < -0.4 is 10.6 Å². The summed E-state index contributed by atoms with van der Waals surface area (Å²) in [5.41, 5.74) is -0.0388. The highest BCUT2D eigenvalue weighted by Crippen LogP contribution is 2.21. The smallest absolute Gasteiger partial charge is 0.321 e. The first-order chi connectivity index (χ1) is 12.8. The molecule has 1 fully saturated rings. The Hall–Kier alpha value is -2.62. The van der Waals surface area contributed by atoms with Crippen LogP contribution in [-0.2, 0) is 14.3 Å². The number of hydrogen-bond acceptors (Lipinski definition) is 7. The minimum absolute atomic E-state index is 0.0388. The molecule has 1 aromatic rings. The number of nitrogens with one attached hydrogen (secondary N) is 2. The Bertz CT molecular complexity index is 703. The van der Waals surface area contributed by atoms with Crippen molar-refractivity contribution in [2.24, 2.45) is 0 Å². The Balaban J connectivity index is 1.71. The number of imide groups is 1. The van der Waals surface area contributed by atoms with Crippen molar-refractivity contribution in [2.45, 2.75) is 49.6 Å². The van der Waals surface area contributed by atoms with Crippen molar-refractivity contribution < 1.29 is 24.0 Å².